The summed E-state index contributed by atoms with van der Waals surface area (Å²) >= 11 is 0. The van der Waals surface area contributed by atoms with Crippen LogP contribution < -0.4 is 15.0 Å². The molecule has 0 heterocycles. The Bertz CT molecular complexity index is 386. The number of ether oxygens (including phenoxy) is 1. The van der Waals surface area contributed by atoms with Crippen LogP contribution in [0.2, 0.25) is 0 Å². The highest BCUT2D eigenvalue weighted by molar-refractivity contribution is 5.57. The molecule has 3 nitrogen and oxygen atoms in total. The minimum absolute atomic E-state index is 0.729. The fourth-order valence-electron chi connectivity index (χ4n) is 3.06. The maximum atomic E-state index is 5.44. The zero-order chi connectivity index (χ0) is 13.7. The van der Waals surface area contributed by atoms with Crippen molar-refractivity contribution in [1.82, 2.24) is 5.32 Å². The summed E-state index contributed by atoms with van der Waals surface area (Å²) in [5.74, 6) is 1.77. The second-order valence-corrected chi connectivity index (χ2v) is 5.56. The molecule has 0 radical (unpaired) electrons. The molecule has 0 bridgehead atoms. The standard InChI is InChI=1S/C16H26N2O/c1-17-14-10-8-13(9-11-14)12-18(2)15-6-4-5-7-16(15)19-3/h4-7,13-14,17H,8-12H2,1-3H3. The fourth-order valence-corrected chi connectivity index (χ4v) is 3.06. The Morgan fingerprint density at radius 1 is 1.21 bits per heavy atom. The number of hydrogen-bond donors (Lipinski definition) is 1. The predicted molar refractivity (Wildman–Crippen MR) is 81.1 cm³/mol. The van der Waals surface area contributed by atoms with Crippen LogP contribution in [0.15, 0.2) is 24.3 Å². The molecule has 1 fully saturated rings. The van der Waals surface area contributed by atoms with Gasteiger partial charge in [-0.3, -0.25) is 0 Å². The molecule has 0 atom stereocenters. The van der Waals surface area contributed by atoms with Crippen LogP contribution in [0.25, 0.3) is 0 Å². The smallest absolute Gasteiger partial charge is 0.142 e. The Hall–Kier alpha value is -1.22. The SMILES string of the molecule is CNC1CCC(CN(C)c2ccccc2OC)CC1. The van der Waals surface area contributed by atoms with Crippen molar-refractivity contribution in [2.45, 2.75) is 31.7 Å². The molecule has 1 aromatic carbocycles. The highest BCUT2D eigenvalue weighted by Gasteiger charge is 2.21. The molecule has 0 spiro atoms. The molecule has 2 rings (SSSR count). The van der Waals surface area contributed by atoms with Gasteiger partial charge in [-0.2, -0.15) is 0 Å². The van der Waals surface area contributed by atoms with Gasteiger partial charge in [0.25, 0.3) is 0 Å². The van der Waals surface area contributed by atoms with Gasteiger partial charge in [-0.25, -0.2) is 0 Å². The second-order valence-electron chi connectivity index (χ2n) is 5.56. The lowest BCUT2D eigenvalue weighted by Crippen LogP contribution is -2.34. The number of benzene rings is 1. The van der Waals surface area contributed by atoms with E-state index in [0.29, 0.717) is 0 Å². The largest absolute Gasteiger partial charge is 0.495 e. The molecule has 1 saturated carbocycles. The average molecular weight is 262 g/mol. The molecule has 0 saturated heterocycles. The van der Waals surface area contributed by atoms with E-state index in [-0.39, 0.29) is 0 Å². The van der Waals surface area contributed by atoms with Gasteiger partial charge in [0.05, 0.1) is 12.8 Å². The second kappa shape index (κ2) is 6.80. The molecule has 0 unspecified atom stereocenters. The Labute approximate surface area is 116 Å². The van der Waals surface area contributed by atoms with Crippen molar-refractivity contribution in [3.05, 3.63) is 24.3 Å². The maximum absolute atomic E-state index is 5.44. The molecule has 0 aliphatic heterocycles. The zero-order valence-corrected chi connectivity index (χ0v) is 12.4. The van der Waals surface area contributed by atoms with Gasteiger partial charge in [-0.1, -0.05) is 12.1 Å². The quantitative estimate of drug-likeness (QED) is 0.883. The van der Waals surface area contributed by atoms with Crippen molar-refractivity contribution >= 4 is 5.69 Å². The molecule has 0 aromatic heterocycles. The number of nitrogens with one attached hydrogen (secondary N) is 1. The van der Waals surface area contributed by atoms with Crippen LogP contribution in [-0.2, 0) is 0 Å². The highest BCUT2D eigenvalue weighted by Crippen LogP contribution is 2.30. The zero-order valence-electron chi connectivity index (χ0n) is 12.4. The number of para-hydroxylation sites is 2. The van der Waals surface area contributed by atoms with Gasteiger partial charge in [-0.05, 0) is 50.8 Å². The van der Waals surface area contributed by atoms with Crippen LogP contribution in [-0.4, -0.2) is 33.8 Å². The summed E-state index contributed by atoms with van der Waals surface area (Å²) in [4.78, 5) is 2.34. The van der Waals surface area contributed by atoms with Gasteiger partial charge in [0.2, 0.25) is 0 Å². The van der Waals surface area contributed by atoms with Crippen molar-refractivity contribution < 1.29 is 4.74 Å². The normalized spacial score (nSPS) is 23.1. The maximum Gasteiger partial charge on any atom is 0.142 e. The summed E-state index contributed by atoms with van der Waals surface area (Å²) in [6, 6.07) is 9.00. The lowest BCUT2D eigenvalue weighted by molar-refractivity contribution is 0.304. The first-order valence-corrected chi connectivity index (χ1v) is 7.26. The molecule has 1 aliphatic carbocycles. The van der Waals surface area contributed by atoms with Gasteiger partial charge >= 0.3 is 0 Å². The van der Waals surface area contributed by atoms with Crippen molar-refractivity contribution in [2.24, 2.45) is 5.92 Å². The third-order valence-electron chi connectivity index (χ3n) is 4.28. The summed E-state index contributed by atoms with van der Waals surface area (Å²) in [7, 11) is 5.98. The van der Waals surface area contributed by atoms with E-state index in [1.165, 1.54) is 31.4 Å². The van der Waals surface area contributed by atoms with Crippen LogP contribution in [0.1, 0.15) is 25.7 Å². The first kappa shape index (κ1) is 14.2. The molecule has 1 aliphatic rings. The van der Waals surface area contributed by atoms with E-state index >= 15 is 0 Å². The molecule has 0 amide bonds. The molecular weight excluding hydrogens is 236 g/mol. The minimum Gasteiger partial charge on any atom is -0.495 e. The molecule has 106 valence electrons. The lowest BCUT2D eigenvalue weighted by Gasteiger charge is -2.32. The van der Waals surface area contributed by atoms with Crippen molar-refractivity contribution in [2.75, 3.05) is 32.6 Å². The van der Waals surface area contributed by atoms with E-state index in [9.17, 15) is 0 Å². The molecule has 1 N–H and O–H groups in total. The van der Waals surface area contributed by atoms with Crippen LogP contribution in [0, 0.1) is 5.92 Å². The van der Waals surface area contributed by atoms with E-state index in [2.05, 4.69) is 36.4 Å². The Kier molecular flexibility index (Phi) is 5.08. The Morgan fingerprint density at radius 3 is 2.53 bits per heavy atom. The van der Waals surface area contributed by atoms with Gasteiger partial charge in [0.15, 0.2) is 0 Å². The number of rotatable bonds is 5. The van der Waals surface area contributed by atoms with Crippen molar-refractivity contribution in [3.8, 4) is 5.75 Å². The van der Waals surface area contributed by atoms with E-state index in [1.54, 1.807) is 7.11 Å². The van der Waals surface area contributed by atoms with E-state index < -0.39 is 0 Å². The van der Waals surface area contributed by atoms with Gasteiger partial charge in [0.1, 0.15) is 5.75 Å². The van der Waals surface area contributed by atoms with E-state index in [1.807, 2.05) is 12.1 Å². The van der Waals surface area contributed by atoms with Crippen molar-refractivity contribution in [3.63, 3.8) is 0 Å². The minimum atomic E-state index is 0.729. The highest BCUT2D eigenvalue weighted by atomic mass is 16.5. The van der Waals surface area contributed by atoms with Gasteiger partial charge < -0.3 is 15.0 Å². The van der Waals surface area contributed by atoms with Gasteiger partial charge in [0, 0.05) is 19.6 Å². The number of methoxy groups -OCH3 is 1. The number of nitrogens with zero attached hydrogens (tertiary/aromatic N) is 1. The summed E-state index contributed by atoms with van der Waals surface area (Å²) in [6.45, 7) is 1.12. The van der Waals surface area contributed by atoms with Crippen LogP contribution in [0.4, 0.5) is 5.69 Å². The fraction of sp³-hybridized carbons (Fsp3) is 0.625. The monoisotopic (exact) mass is 262 g/mol. The van der Waals surface area contributed by atoms with E-state index in [0.717, 1.165) is 24.3 Å². The molecule has 19 heavy (non-hydrogen) atoms. The van der Waals surface area contributed by atoms with Crippen LogP contribution >= 0.6 is 0 Å². The van der Waals surface area contributed by atoms with Gasteiger partial charge in [-0.15, -0.1) is 0 Å². The van der Waals surface area contributed by atoms with Crippen LogP contribution in [0.5, 0.6) is 5.75 Å². The summed E-state index contributed by atoms with van der Waals surface area (Å²) in [6.07, 6.45) is 5.26. The van der Waals surface area contributed by atoms with Crippen molar-refractivity contribution in [1.29, 1.82) is 0 Å². The van der Waals surface area contributed by atoms with E-state index in [4.69, 9.17) is 4.74 Å². The Morgan fingerprint density at radius 2 is 1.89 bits per heavy atom. The first-order chi connectivity index (χ1) is 9.24. The number of hydrogen-bond acceptors (Lipinski definition) is 3. The first-order valence-electron chi connectivity index (χ1n) is 7.26. The summed E-state index contributed by atoms with van der Waals surface area (Å²) < 4.78 is 5.44. The summed E-state index contributed by atoms with van der Waals surface area (Å²) in [5.41, 5.74) is 1.20. The average Bonchev–Trinajstić information content (AvgIpc) is 2.48. The Balaban J connectivity index is 1.92. The molecule has 1 aromatic rings. The third-order valence-corrected chi connectivity index (χ3v) is 4.28. The molecular formula is C16H26N2O. The lowest BCUT2D eigenvalue weighted by atomic mass is 9.86. The molecule has 3 heteroatoms. The summed E-state index contributed by atoms with van der Waals surface area (Å²) in [5, 5.41) is 3.39. The topological polar surface area (TPSA) is 24.5 Å². The predicted octanol–water partition coefficient (Wildman–Crippen LogP) is 2.91. The van der Waals surface area contributed by atoms with Crippen LogP contribution in [0.3, 0.4) is 0 Å². The third kappa shape index (κ3) is 3.63. The number of anilines is 1.